The first-order chi connectivity index (χ1) is 17.8. The fraction of sp³-hybridized carbons (Fsp3) is 0.296. The lowest BCUT2D eigenvalue weighted by atomic mass is 9.95. The molecule has 4 rings (SSSR count). The number of para-hydroxylation sites is 1. The van der Waals surface area contributed by atoms with Gasteiger partial charge < -0.3 is 18.9 Å². The van der Waals surface area contributed by atoms with E-state index in [1.165, 1.54) is 11.3 Å². The maximum Gasteiger partial charge on any atom is 0.338 e. The van der Waals surface area contributed by atoms with E-state index in [-0.39, 0.29) is 12.2 Å². The number of carbonyl (C=O) groups is 1. The van der Waals surface area contributed by atoms with Crippen LogP contribution in [0.15, 0.2) is 61.9 Å². The Morgan fingerprint density at radius 2 is 1.89 bits per heavy atom. The second-order valence-corrected chi connectivity index (χ2v) is 9.87. The van der Waals surface area contributed by atoms with Gasteiger partial charge in [-0.1, -0.05) is 29.5 Å². The molecule has 8 nitrogen and oxygen atoms in total. The van der Waals surface area contributed by atoms with Crippen molar-refractivity contribution >= 4 is 39.3 Å². The molecule has 0 aliphatic carbocycles. The van der Waals surface area contributed by atoms with Crippen molar-refractivity contribution in [3.05, 3.63) is 83.0 Å². The van der Waals surface area contributed by atoms with Gasteiger partial charge in [0.05, 0.1) is 47.7 Å². The lowest BCUT2D eigenvalue weighted by molar-refractivity contribution is -0.139. The fourth-order valence-electron chi connectivity index (χ4n) is 4.25. The molecule has 37 heavy (non-hydrogen) atoms. The van der Waals surface area contributed by atoms with Crippen LogP contribution in [-0.2, 0) is 9.53 Å². The molecule has 1 aliphatic heterocycles. The Kier molecular flexibility index (Phi) is 8.19. The smallest absolute Gasteiger partial charge is 0.338 e. The van der Waals surface area contributed by atoms with Crippen LogP contribution in [0.2, 0.25) is 0 Å². The number of thiazole rings is 1. The maximum absolute atomic E-state index is 13.9. The first-order valence-corrected chi connectivity index (χ1v) is 13.3. The van der Waals surface area contributed by atoms with Crippen LogP contribution in [0.1, 0.15) is 37.9 Å². The zero-order valence-electron chi connectivity index (χ0n) is 21.2. The summed E-state index contributed by atoms with van der Waals surface area (Å²) in [5.74, 6) is 1.16. The number of methoxy groups -OCH3 is 2. The Balaban J connectivity index is 1.97. The number of nitrogens with zero attached hydrogens (tertiary/aromatic N) is 2. The van der Waals surface area contributed by atoms with Crippen molar-refractivity contribution in [2.75, 3.05) is 27.4 Å². The Labute approximate surface area is 226 Å². The summed E-state index contributed by atoms with van der Waals surface area (Å²) >= 11 is 4.75. The summed E-state index contributed by atoms with van der Waals surface area (Å²) in [4.78, 5) is 32.1. The number of esters is 1. The van der Waals surface area contributed by atoms with E-state index >= 15 is 0 Å². The van der Waals surface area contributed by atoms with Gasteiger partial charge in [0.15, 0.2) is 16.3 Å². The van der Waals surface area contributed by atoms with Crippen molar-refractivity contribution in [3.8, 4) is 17.2 Å². The average Bonchev–Trinajstić information content (AvgIpc) is 3.17. The predicted octanol–water partition coefficient (Wildman–Crippen LogP) is 3.98. The van der Waals surface area contributed by atoms with Crippen LogP contribution in [0.5, 0.6) is 17.2 Å². The zero-order valence-corrected chi connectivity index (χ0v) is 23.6. The van der Waals surface area contributed by atoms with Gasteiger partial charge in [0.25, 0.3) is 5.56 Å². The van der Waals surface area contributed by atoms with E-state index in [0.717, 1.165) is 5.56 Å². The van der Waals surface area contributed by atoms with E-state index in [9.17, 15) is 9.59 Å². The lowest BCUT2D eigenvalue weighted by Crippen LogP contribution is -2.40. The summed E-state index contributed by atoms with van der Waals surface area (Å²) in [5.41, 5.74) is 1.95. The third-order valence-corrected chi connectivity index (χ3v) is 7.36. The highest BCUT2D eigenvalue weighted by atomic mass is 79.9. The monoisotopic (exact) mass is 586 g/mol. The molecule has 1 aromatic heterocycles. The number of ether oxygens (including phenoxy) is 4. The fourth-order valence-corrected chi connectivity index (χ4v) is 5.92. The topological polar surface area (TPSA) is 88.4 Å². The normalized spacial score (nSPS) is 15.2. The first-order valence-electron chi connectivity index (χ1n) is 11.7. The molecule has 10 heteroatoms. The average molecular weight is 587 g/mol. The number of hydrogen-bond donors (Lipinski definition) is 0. The van der Waals surface area contributed by atoms with Crippen LogP contribution >= 0.6 is 27.3 Å². The number of rotatable bonds is 8. The number of benzene rings is 2. The summed E-state index contributed by atoms with van der Waals surface area (Å²) in [6, 6.07) is 10.3. The van der Waals surface area contributed by atoms with Crippen LogP contribution in [0.3, 0.4) is 0 Å². The van der Waals surface area contributed by atoms with Gasteiger partial charge in [0.2, 0.25) is 0 Å². The van der Waals surface area contributed by atoms with Crippen LogP contribution in [-0.4, -0.2) is 38.0 Å². The van der Waals surface area contributed by atoms with E-state index in [1.807, 2.05) is 37.3 Å². The number of allylic oxidation sites excluding steroid dienone is 1. The Hall–Kier alpha value is -3.37. The number of halogens is 1. The molecule has 0 unspecified atom stereocenters. The molecular formula is C27H27BrN2O6S. The first kappa shape index (κ1) is 26.7. The molecule has 3 aromatic rings. The minimum Gasteiger partial charge on any atom is -0.494 e. The SMILES string of the molecule is CCOC(=O)C1=C(C)N=c2s/c(=C\c3cc(Br)c(OC)c(OC)c3)c(=O)n2[C@@H]1c1ccccc1OCC. The van der Waals surface area contributed by atoms with Gasteiger partial charge in [-0.25, -0.2) is 9.79 Å². The Morgan fingerprint density at radius 1 is 1.14 bits per heavy atom. The second-order valence-electron chi connectivity index (χ2n) is 8.01. The van der Waals surface area contributed by atoms with Gasteiger partial charge in [0, 0.05) is 5.56 Å². The van der Waals surface area contributed by atoms with Gasteiger partial charge in [-0.15, -0.1) is 0 Å². The molecule has 0 fully saturated rings. The Morgan fingerprint density at radius 3 is 2.57 bits per heavy atom. The molecule has 0 spiro atoms. The van der Waals surface area contributed by atoms with Crippen molar-refractivity contribution in [1.82, 2.24) is 4.57 Å². The highest BCUT2D eigenvalue weighted by Gasteiger charge is 2.35. The molecule has 2 aromatic carbocycles. The van der Waals surface area contributed by atoms with Crippen LogP contribution in [0.25, 0.3) is 6.08 Å². The summed E-state index contributed by atoms with van der Waals surface area (Å²) < 4.78 is 24.8. The van der Waals surface area contributed by atoms with E-state index in [4.69, 9.17) is 18.9 Å². The highest BCUT2D eigenvalue weighted by molar-refractivity contribution is 9.10. The van der Waals surface area contributed by atoms with Crippen molar-refractivity contribution in [3.63, 3.8) is 0 Å². The molecule has 0 radical (unpaired) electrons. The minimum absolute atomic E-state index is 0.202. The van der Waals surface area contributed by atoms with Gasteiger partial charge in [-0.2, -0.15) is 0 Å². The standard InChI is InChI=1S/C27H27BrN2O6S/c1-6-35-19-11-9-8-10-17(19)23-22(26(32)36-7-2)15(3)29-27-30(23)25(31)21(37-27)14-16-12-18(28)24(34-5)20(13-16)33-4/h8-14,23H,6-7H2,1-5H3/b21-14-/t23-/m1/s1. The summed E-state index contributed by atoms with van der Waals surface area (Å²) in [6.07, 6.45) is 1.77. The minimum atomic E-state index is -0.752. The molecule has 0 N–H and O–H groups in total. The maximum atomic E-state index is 13.9. The molecule has 2 heterocycles. The molecule has 1 atom stereocenters. The number of carbonyl (C=O) groups excluding carboxylic acids is 1. The van der Waals surface area contributed by atoms with Crippen LogP contribution < -0.4 is 29.1 Å². The number of hydrogen-bond acceptors (Lipinski definition) is 8. The largest absolute Gasteiger partial charge is 0.494 e. The number of fused-ring (bicyclic) bond motifs is 1. The lowest BCUT2D eigenvalue weighted by Gasteiger charge is -2.26. The summed E-state index contributed by atoms with van der Waals surface area (Å²) in [7, 11) is 3.11. The van der Waals surface area contributed by atoms with Gasteiger partial charge in [-0.05, 0) is 66.5 Å². The second kappa shape index (κ2) is 11.4. The molecule has 0 saturated heterocycles. The van der Waals surface area contributed by atoms with Gasteiger partial charge >= 0.3 is 5.97 Å². The number of aromatic nitrogens is 1. The predicted molar refractivity (Wildman–Crippen MR) is 145 cm³/mol. The summed E-state index contributed by atoms with van der Waals surface area (Å²) in [6.45, 7) is 6.02. The highest BCUT2D eigenvalue weighted by Crippen LogP contribution is 2.37. The van der Waals surface area contributed by atoms with Crippen molar-refractivity contribution in [1.29, 1.82) is 0 Å². The third-order valence-electron chi connectivity index (χ3n) is 5.78. The van der Waals surface area contributed by atoms with E-state index < -0.39 is 12.0 Å². The molecular weight excluding hydrogens is 560 g/mol. The van der Waals surface area contributed by atoms with E-state index in [0.29, 0.717) is 54.5 Å². The quantitative estimate of drug-likeness (QED) is 0.371. The van der Waals surface area contributed by atoms with Gasteiger partial charge in [0.1, 0.15) is 11.8 Å². The van der Waals surface area contributed by atoms with E-state index in [2.05, 4.69) is 20.9 Å². The van der Waals surface area contributed by atoms with Crippen LogP contribution in [0, 0.1) is 0 Å². The molecule has 0 bridgehead atoms. The van der Waals surface area contributed by atoms with Crippen LogP contribution in [0.4, 0.5) is 0 Å². The molecule has 194 valence electrons. The summed E-state index contributed by atoms with van der Waals surface area (Å²) in [5, 5.41) is 0. The third kappa shape index (κ3) is 5.08. The molecule has 0 amide bonds. The molecule has 1 aliphatic rings. The van der Waals surface area contributed by atoms with Crippen molar-refractivity contribution in [2.24, 2.45) is 4.99 Å². The van der Waals surface area contributed by atoms with Gasteiger partial charge in [-0.3, -0.25) is 9.36 Å². The Bertz CT molecular complexity index is 1560. The zero-order chi connectivity index (χ0) is 26.7. The molecule has 0 saturated carbocycles. The van der Waals surface area contributed by atoms with Crippen molar-refractivity contribution < 1.29 is 23.7 Å². The van der Waals surface area contributed by atoms with E-state index in [1.54, 1.807) is 44.8 Å². The van der Waals surface area contributed by atoms with Crippen molar-refractivity contribution in [2.45, 2.75) is 26.8 Å².